The van der Waals surface area contributed by atoms with Gasteiger partial charge < -0.3 is 15.4 Å². The maximum absolute atomic E-state index is 11.9. The number of benzene rings is 1. The smallest absolute Gasteiger partial charge is 0.226 e. The first-order chi connectivity index (χ1) is 9.67. The highest BCUT2D eigenvalue weighted by atomic mass is 32.1. The number of carbonyl (C=O) groups is 1. The summed E-state index contributed by atoms with van der Waals surface area (Å²) in [6.45, 7) is 0. The number of anilines is 1. The summed E-state index contributed by atoms with van der Waals surface area (Å²) in [5.41, 5.74) is 0.801. The molecule has 0 heterocycles. The summed E-state index contributed by atoms with van der Waals surface area (Å²) in [4.78, 5) is 11.9. The average Bonchev–Trinajstić information content (AvgIpc) is 2.91. The van der Waals surface area contributed by atoms with Gasteiger partial charge in [-0.1, -0.05) is 18.9 Å². The van der Waals surface area contributed by atoms with Crippen molar-refractivity contribution in [2.45, 2.75) is 32.1 Å². The van der Waals surface area contributed by atoms with Gasteiger partial charge in [-0.3, -0.25) is 4.79 Å². The third-order valence-electron chi connectivity index (χ3n) is 3.53. The second kappa shape index (κ2) is 7.24. The number of hydrogen-bond donors (Lipinski definition) is 2. The molecule has 1 aromatic carbocycles. The molecule has 0 bridgehead atoms. The van der Waals surface area contributed by atoms with Crippen molar-refractivity contribution in [1.82, 2.24) is 5.32 Å². The lowest BCUT2D eigenvalue weighted by molar-refractivity contribution is -0.120. The molecule has 1 saturated carbocycles. The molecule has 0 atom stereocenters. The minimum Gasteiger partial charge on any atom is -0.497 e. The van der Waals surface area contributed by atoms with Gasteiger partial charge >= 0.3 is 0 Å². The molecule has 0 unspecified atom stereocenters. The van der Waals surface area contributed by atoms with E-state index in [1.54, 1.807) is 7.11 Å². The molecule has 1 aliphatic carbocycles. The number of carbonyl (C=O) groups excluding carboxylic acids is 1. The summed E-state index contributed by atoms with van der Waals surface area (Å²) in [5, 5.41) is 6.06. The Morgan fingerprint density at radius 1 is 1.40 bits per heavy atom. The van der Waals surface area contributed by atoms with Crippen LogP contribution in [-0.2, 0) is 4.79 Å². The van der Waals surface area contributed by atoms with Gasteiger partial charge in [-0.05, 0) is 43.1 Å². The highest BCUT2D eigenvalue weighted by Gasteiger charge is 2.18. The minimum absolute atomic E-state index is 0.00250. The highest BCUT2D eigenvalue weighted by molar-refractivity contribution is 7.80. The van der Waals surface area contributed by atoms with Crippen molar-refractivity contribution in [2.24, 2.45) is 5.92 Å². The maximum atomic E-state index is 11.9. The summed E-state index contributed by atoms with van der Waals surface area (Å²) < 4.78 is 5.14. The van der Waals surface area contributed by atoms with Gasteiger partial charge in [0.15, 0.2) is 5.11 Å². The first kappa shape index (κ1) is 14.8. The standard InChI is InChI=1S/C15H20N2O2S/c1-19-13-8-4-7-12(10-13)16-15(20)17-14(18)9-11-5-2-3-6-11/h4,7-8,10-11H,2-3,5-6,9H2,1H3,(H2,16,17,18,20). The van der Waals surface area contributed by atoms with Crippen molar-refractivity contribution in [3.05, 3.63) is 24.3 Å². The molecule has 0 spiro atoms. The van der Waals surface area contributed by atoms with Crippen molar-refractivity contribution >= 4 is 28.9 Å². The van der Waals surface area contributed by atoms with Crippen LogP contribution in [0, 0.1) is 5.92 Å². The Hall–Kier alpha value is -1.62. The normalized spacial score (nSPS) is 14.8. The molecule has 1 aliphatic rings. The SMILES string of the molecule is COc1cccc(NC(=S)NC(=O)CC2CCCC2)c1. The monoisotopic (exact) mass is 292 g/mol. The van der Waals surface area contributed by atoms with Crippen LogP contribution in [0.3, 0.4) is 0 Å². The van der Waals surface area contributed by atoms with Gasteiger partial charge in [0.1, 0.15) is 5.75 Å². The van der Waals surface area contributed by atoms with E-state index in [4.69, 9.17) is 17.0 Å². The fourth-order valence-electron chi connectivity index (χ4n) is 2.52. The summed E-state index contributed by atoms with van der Waals surface area (Å²) in [7, 11) is 1.61. The second-order valence-electron chi connectivity index (χ2n) is 5.09. The first-order valence-corrected chi connectivity index (χ1v) is 7.33. The van der Waals surface area contributed by atoms with Crippen LogP contribution >= 0.6 is 12.2 Å². The average molecular weight is 292 g/mol. The van der Waals surface area contributed by atoms with E-state index in [2.05, 4.69) is 10.6 Å². The lowest BCUT2D eigenvalue weighted by atomic mass is 10.0. The molecule has 0 saturated heterocycles. The molecule has 20 heavy (non-hydrogen) atoms. The summed E-state index contributed by atoms with van der Waals surface area (Å²) >= 11 is 5.15. The molecule has 5 heteroatoms. The van der Waals surface area contributed by atoms with Gasteiger partial charge in [-0.2, -0.15) is 0 Å². The number of hydrogen-bond acceptors (Lipinski definition) is 3. The molecule has 1 aromatic rings. The van der Waals surface area contributed by atoms with E-state index in [1.165, 1.54) is 12.8 Å². The molecule has 1 amide bonds. The summed E-state index contributed by atoms with van der Waals surface area (Å²) in [6, 6.07) is 7.42. The van der Waals surface area contributed by atoms with Crippen LogP contribution in [0.5, 0.6) is 5.75 Å². The van der Waals surface area contributed by atoms with Gasteiger partial charge in [0.25, 0.3) is 0 Å². The van der Waals surface area contributed by atoms with Crippen molar-refractivity contribution in [1.29, 1.82) is 0 Å². The quantitative estimate of drug-likeness (QED) is 0.837. The Labute approximate surface area is 124 Å². The fourth-order valence-corrected chi connectivity index (χ4v) is 2.75. The Bertz CT molecular complexity index is 485. The first-order valence-electron chi connectivity index (χ1n) is 6.92. The number of amides is 1. The van der Waals surface area contributed by atoms with E-state index in [9.17, 15) is 4.79 Å². The number of rotatable bonds is 4. The molecule has 0 aromatic heterocycles. The van der Waals surface area contributed by atoms with E-state index in [0.717, 1.165) is 24.3 Å². The van der Waals surface area contributed by atoms with Crippen molar-refractivity contribution in [3.63, 3.8) is 0 Å². The largest absolute Gasteiger partial charge is 0.497 e. The Morgan fingerprint density at radius 3 is 2.85 bits per heavy atom. The van der Waals surface area contributed by atoms with Gasteiger partial charge in [0, 0.05) is 18.2 Å². The molecule has 108 valence electrons. The van der Waals surface area contributed by atoms with E-state index < -0.39 is 0 Å². The van der Waals surface area contributed by atoms with E-state index in [1.807, 2.05) is 24.3 Å². The molecule has 2 rings (SSSR count). The van der Waals surface area contributed by atoms with Crippen LogP contribution in [0.2, 0.25) is 0 Å². The molecular weight excluding hydrogens is 272 g/mol. The summed E-state index contributed by atoms with van der Waals surface area (Å²) in [6.07, 6.45) is 5.36. The lowest BCUT2D eigenvalue weighted by Gasteiger charge is -2.12. The third-order valence-corrected chi connectivity index (χ3v) is 3.73. The highest BCUT2D eigenvalue weighted by Crippen LogP contribution is 2.27. The molecule has 4 nitrogen and oxygen atoms in total. The van der Waals surface area contributed by atoms with Crippen LogP contribution in [0.4, 0.5) is 5.69 Å². The molecule has 0 aliphatic heterocycles. The van der Waals surface area contributed by atoms with Gasteiger partial charge in [0.05, 0.1) is 7.11 Å². The van der Waals surface area contributed by atoms with Gasteiger partial charge in [-0.15, -0.1) is 0 Å². The molecule has 1 fully saturated rings. The van der Waals surface area contributed by atoms with Crippen molar-refractivity contribution in [3.8, 4) is 5.75 Å². The van der Waals surface area contributed by atoms with Crippen molar-refractivity contribution < 1.29 is 9.53 Å². The number of ether oxygens (including phenoxy) is 1. The zero-order valence-corrected chi connectivity index (χ0v) is 12.5. The zero-order chi connectivity index (χ0) is 14.4. The Balaban J connectivity index is 1.80. The van der Waals surface area contributed by atoms with E-state index in [0.29, 0.717) is 17.5 Å². The Kier molecular flexibility index (Phi) is 5.35. The number of nitrogens with one attached hydrogen (secondary N) is 2. The topological polar surface area (TPSA) is 50.4 Å². The van der Waals surface area contributed by atoms with Crippen LogP contribution in [0.15, 0.2) is 24.3 Å². The lowest BCUT2D eigenvalue weighted by Crippen LogP contribution is -2.34. The Morgan fingerprint density at radius 2 is 2.15 bits per heavy atom. The van der Waals surface area contributed by atoms with Crippen LogP contribution in [0.25, 0.3) is 0 Å². The van der Waals surface area contributed by atoms with Crippen LogP contribution in [-0.4, -0.2) is 18.1 Å². The number of methoxy groups -OCH3 is 1. The van der Waals surface area contributed by atoms with Gasteiger partial charge in [-0.25, -0.2) is 0 Å². The van der Waals surface area contributed by atoms with Crippen LogP contribution in [0.1, 0.15) is 32.1 Å². The molecule has 2 N–H and O–H groups in total. The number of thiocarbonyl (C=S) groups is 1. The molecular formula is C15H20N2O2S. The maximum Gasteiger partial charge on any atom is 0.226 e. The third kappa shape index (κ3) is 4.49. The predicted molar refractivity (Wildman–Crippen MR) is 83.9 cm³/mol. The second-order valence-corrected chi connectivity index (χ2v) is 5.50. The van der Waals surface area contributed by atoms with E-state index in [-0.39, 0.29) is 5.91 Å². The predicted octanol–water partition coefficient (Wildman–Crippen LogP) is 3.09. The zero-order valence-electron chi connectivity index (χ0n) is 11.6. The molecule has 0 radical (unpaired) electrons. The van der Waals surface area contributed by atoms with E-state index >= 15 is 0 Å². The minimum atomic E-state index is -0.00250. The van der Waals surface area contributed by atoms with Crippen LogP contribution < -0.4 is 15.4 Å². The van der Waals surface area contributed by atoms with Crippen molar-refractivity contribution in [2.75, 3.05) is 12.4 Å². The van der Waals surface area contributed by atoms with Gasteiger partial charge in [0.2, 0.25) is 5.91 Å². The fraction of sp³-hybridized carbons (Fsp3) is 0.467. The summed E-state index contributed by atoms with van der Waals surface area (Å²) in [5.74, 6) is 1.27.